The Kier molecular flexibility index (Phi) is 4.62. The maximum Gasteiger partial charge on any atom is 0.221 e. The third-order valence-corrected chi connectivity index (χ3v) is 4.85. The summed E-state index contributed by atoms with van der Waals surface area (Å²) in [5.41, 5.74) is 4.21. The summed E-state index contributed by atoms with van der Waals surface area (Å²) in [6.45, 7) is 8.17. The van der Waals surface area contributed by atoms with E-state index in [0.717, 1.165) is 55.5 Å². The Morgan fingerprint density at radius 3 is 2.61 bits per heavy atom. The smallest absolute Gasteiger partial charge is 0.221 e. The summed E-state index contributed by atoms with van der Waals surface area (Å²) in [5, 5.41) is 2.44. The van der Waals surface area contributed by atoms with Crippen molar-refractivity contribution in [3.05, 3.63) is 34.4 Å². The minimum atomic E-state index is 0.705. The first kappa shape index (κ1) is 16.3. The Bertz CT molecular complexity index is 659. The van der Waals surface area contributed by atoms with E-state index in [1.54, 1.807) is 5.01 Å². The maximum atomic E-state index is 6.48. The molecule has 3 rings (SSSR count). The molecular formula is C17H24ClN5. The zero-order chi connectivity index (χ0) is 16.6. The van der Waals surface area contributed by atoms with Crippen molar-refractivity contribution in [2.75, 3.05) is 33.2 Å². The standard InChI is InChI=1S/C17H24ClN5/c1-4-12(2)16-14-11-13(18)5-6-15(14)20-17(23(16)19)22-9-7-21(3)8-10-22/h5-6,11H,4,7-10,19H2,1-3H3. The molecule has 23 heavy (non-hydrogen) atoms. The molecule has 5 nitrogen and oxygen atoms in total. The third kappa shape index (κ3) is 3.09. The van der Waals surface area contributed by atoms with Crippen LogP contribution in [0.15, 0.2) is 28.8 Å². The van der Waals surface area contributed by atoms with Gasteiger partial charge in [-0.05, 0) is 44.2 Å². The molecule has 0 unspecified atom stereocenters. The predicted molar refractivity (Wildman–Crippen MR) is 96.5 cm³/mol. The van der Waals surface area contributed by atoms with Gasteiger partial charge in [0.2, 0.25) is 5.96 Å². The van der Waals surface area contributed by atoms with E-state index >= 15 is 0 Å². The van der Waals surface area contributed by atoms with Crippen LogP contribution in [0, 0.1) is 0 Å². The van der Waals surface area contributed by atoms with E-state index in [-0.39, 0.29) is 0 Å². The molecule has 2 N–H and O–H groups in total. The van der Waals surface area contributed by atoms with Crippen molar-refractivity contribution >= 4 is 28.9 Å². The van der Waals surface area contributed by atoms with E-state index in [0.29, 0.717) is 5.02 Å². The van der Waals surface area contributed by atoms with Crippen LogP contribution < -0.4 is 5.84 Å². The lowest BCUT2D eigenvalue weighted by Crippen LogP contribution is -2.54. The second kappa shape index (κ2) is 6.51. The van der Waals surface area contributed by atoms with Crippen LogP contribution in [0.2, 0.25) is 5.02 Å². The summed E-state index contributed by atoms with van der Waals surface area (Å²) in [5.74, 6) is 7.31. The summed E-state index contributed by atoms with van der Waals surface area (Å²) in [6, 6.07) is 5.82. The first-order valence-electron chi connectivity index (χ1n) is 8.08. The number of hydrazine groups is 1. The molecule has 0 spiro atoms. The number of hydrogen-bond acceptors (Lipinski definition) is 5. The van der Waals surface area contributed by atoms with Crippen molar-refractivity contribution in [2.24, 2.45) is 10.8 Å². The van der Waals surface area contributed by atoms with Crippen LogP contribution in [0.25, 0.3) is 5.70 Å². The topological polar surface area (TPSA) is 48.1 Å². The number of piperazine rings is 1. The molecule has 0 radical (unpaired) electrons. The van der Waals surface area contributed by atoms with Gasteiger partial charge in [0, 0.05) is 36.8 Å². The zero-order valence-corrected chi connectivity index (χ0v) is 14.8. The highest BCUT2D eigenvalue weighted by molar-refractivity contribution is 6.31. The van der Waals surface area contributed by atoms with Gasteiger partial charge in [0.05, 0.1) is 11.4 Å². The molecule has 124 valence electrons. The Labute approximate surface area is 143 Å². The van der Waals surface area contributed by atoms with Gasteiger partial charge >= 0.3 is 0 Å². The molecule has 1 saturated heterocycles. The van der Waals surface area contributed by atoms with Crippen LogP contribution in [0.4, 0.5) is 5.69 Å². The van der Waals surface area contributed by atoms with E-state index in [9.17, 15) is 0 Å². The minimum absolute atomic E-state index is 0.705. The van der Waals surface area contributed by atoms with Gasteiger partial charge in [-0.1, -0.05) is 18.5 Å². The second-order valence-corrected chi connectivity index (χ2v) is 6.65. The van der Waals surface area contributed by atoms with Crippen molar-refractivity contribution in [1.29, 1.82) is 0 Å². The normalized spacial score (nSPS) is 21.2. The lowest BCUT2D eigenvalue weighted by Gasteiger charge is -2.40. The van der Waals surface area contributed by atoms with Gasteiger partial charge in [0.1, 0.15) is 0 Å². The van der Waals surface area contributed by atoms with Gasteiger partial charge in [0.25, 0.3) is 0 Å². The maximum absolute atomic E-state index is 6.48. The Morgan fingerprint density at radius 1 is 1.26 bits per heavy atom. The van der Waals surface area contributed by atoms with E-state index < -0.39 is 0 Å². The van der Waals surface area contributed by atoms with Crippen molar-refractivity contribution in [2.45, 2.75) is 20.3 Å². The largest absolute Gasteiger partial charge is 0.339 e. The summed E-state index contributed by atoms with van der Waals surface area (Å²) in [6.07, 6.45) is 0.936. The molecule has 2 aliphatic rings. The number of benzene rings is 1. The second-order valence-electron chi connectivity index (χ2n) is 6.22. The fraction of sp³-hybridized carbons (Fsp3) is 0.471. The highest BCUT2D eigenvalue weighted by Gasteiger charge is 2.29. The lowest BCUT2D eigenvalue weighted by molar-refractivity contribution is 0.203. The van der Waals surface area contributed by atoms with Gasteiger partial charge in [-0.3, -0.25) is 0 Å². The highest BCUT2D eigenvalue weighted by atomic mass is 35.5. The molecule has 0 amide bonds. The molecule has 1 fully saturated rings. The third-order valence-electron chi connectivity index (χ3n) is 4.61. The molecule has 1 aromatic carbocycles. The summed E-state index contributed by atoms with van der Waals surface area (Å²) in [7, 11) is 2.14. The molecule has 0 aromatic heterocycles. The molecule has 2 aliphatic heterocycles. The quantitative estimate of drug-likeness (QED) is 0.803. The van der Waals surface area contributed by atoms with Crippen LogP contribution >= 0.6 is 11.6 Å². The van der Waals surface area contributed by atoms with Crippen LogP contribution in [0.5, 0.6) is 0 Å². The molecule has 0 bridgehead atoms. The van der Waals surface area contributed by atoms with Crippen LogP contribution in [0.3, 0.4) is 0 Å². The number of nitrogens with two attached hydrogens (primary N) is 1. The van der Waals surface area contributed by atoms with Crippen molar-refractivity contribution in [3.8, 4) is 0 Å². The number of halogens is 1. The zero-order valence-electron chi connectivity index (χ0n) is 14.0. The molecule has 1 aromatic rings. The SMILES string of the molecule is CCC(C)=C1c2cc(Cl)ccc2N=C(N2CCN(C)CC2)N1N. The first-order valence-corrected chi connectivity index (χ1v) is 8.45. The number of likely N-dealkylation sites (N-methyl/N-ethyl adjacent to an activating group) is 1. The molecule has 6 heteroatoms. The number of hydrogen-bond donors (Lipinski definition) is 1. The van der Waals surface area contributed by atoms with Gasteiger partial charge in [-0.2, -0.15) is 0 Å². The fourth-order valence-electron chi connectivity index (χ4n) is 3.02. The number of allylic oxidation sites excluding steroid dienone is 1. The van der Waals surface area contributed by atoms with Crippen LogP contribution in [-0.2, 0) is 0 Å². The van der Waals surface area contributed by atoms with Crippen LogP contribution in [-0.4, -0.2) is 54.0 Å². The molecular weight excluding hydrogens is 310 g/mol. The first-order chi connectivity index (χ1) is 11.0. The Morgan fingerprint density at radius 2 is 1.96 bits per heavy atom. The monoisotopic (exact) mass is 333 g/mol. The van der Waals surface area contributed by atoms with Crippen molar-refractivity contribution in [1.82, 2.24) is 14.8 Å². The van der Waals surface area contributed by atoms with Crippen molar-refractivity contribution < 1.29 is 0 Å². The average Bonchev–Trinajstić information content (AvgIpc) is 2.55. The van der Waals surface area contributed by atoms with Crippen LogP contribution in [0.1, 0.15) is 25.8 Å². The molecule has 0 atom stereocenters. The van der Waals surface area contributed by atoms with E-state index in [1.165, 1.54) is 5.57 Å². The van der Waals surface area contributed by atoms with E-state index in [4.69, 9.17) is 22.4 Å². The number of aliphatic imine (C=N–C) groups is 1. The van der Waals surface area contributed by atoms with Gasteiger partial charge < -0.3 is 9.80 Å². The Hall–Kier alpha value is -1.56. The van der Waals surface area contributed by atoms with Gasteiger partial charge in [-0.15, -0.1) is 0 Å². The number of rotatable bonds is 1. The van der Waals surface area contributed by atoms with Crippen molar-refractivity contribution in [3.63, 3.8) is 0 Å². The summed E-state index contributed by atoms with van der Waals surface area (Å²) in [4.78, 5) is 9.40. The molecule has 0 saturated carbocycles. The fourth-order valence-corrected chi connectivity index (χ4v) is 3.19. The van der Waals surface area contributed by atoms with E-state index in [2.05, 4.69) is 30.7 Å². The van der Waals surface area contributed by atoms with Gasteiger partial charge in [-0.25, -0.2) is 15.8 Å². The Balaban J connectivity index is 2.06. The molecule has 2 heterocycles. The average molecular weight is 334 g/mol. The predicted octanol–water partition coefficient (Wildman–Crippen LogP) is 2.91. The number of fused-ring (bicyclic) bond motifs is 1. The number of guanidine groups is 1. The minimum Gasteiger partial charge on any atom is -0.339 e. The summed E-state index contributed by atoms with van der Waals surface area (Å²) < 4.78 is 0. The van der Waals surface area contributed by atoms with Gasteiger partial charge in [0.15, 0.2) is 0 Å². The number of nitrogens with zero attached hydrogens (tertiary/aromatic N) is 4. The highest BCUT2D eigenvalue weighted by Crippen LogP contribution is 2.37. The lowest BCUT2D eigenvalue weighted by atomic mass is 10.0. The molecule has 0 aliphatic carbocycles. The van der Waals surface area contributed by atoms with E-state index in [1.807, 2.05) is 18.2 Å². The summed E-state index contributed by atoms with van der Waals surface area (Å²) >= 11 is 6.19.